The Morgan fingerprint density at radius 1 is 1.14 bits per heavy atom. The lowest BCUT2D eigenvalue weighted by atomic mass is 9.76. The lowest BCUT2D eigenvalue weighted by Gasteiger charge is -2.31. The number of nitrogens with zero attached hydrogens (tertiary/aromatic N) is 1. The van der Waals surface area contributed by atoms with Crippen LogP contribution in [0.15, 0.2) is 42.6 Å². The molecule has 21 heavy (non-hydrogen) atoms. The van der Waals surface area contributed by atoms with Gasteiger partial charge in [0.25, 0.3) is 0 Å². The maximum Gasteiger partial charge on any atom is 0.165 e. The molecule has 0 saturated carbocycles. The first-order valence-electron chi connectivity index (χ1n) is 7.80. The number of carbonyl (C=O) groups is 1. The van der Waals surface area contributed by atoms with Crippen LogP contribution in [-0.2, 0) is 6.42 Å². The quantitative estimate of drug-likeness (QED) is 0.803. The first-order valence-corrected chi connectivity index (χ1v) is 7.80. The Morgan fingerprint density at radius 3 is 2.52 bits per heavy atom. The largest absolute Gasteiger partial charge is 0.343 e. The van der Waals surface area contributed by atoms with E-state index in [0.717, 1.165) is 18.4 Å². The van der Waals surface area contributed by atoms with Crippen LogP contribution in [0.4, 0.5) is 0 Å². The highest BCUT2D eigenvalue weighted by Crippen LogP contribution is 2.37. The van der Waals surface area contributed by atoms with Crippen molar-refractivity contribution >= 4 is 5.78 Å². The van der Waals surface area contributed by atoms with E-state index in [4.69, 9.17) is 0 Å². The van der Waals surface area contributed by atoms with Gasteiger partial charge in [0.05, 0.1) is 6.04 Å². The van der Waals surface area contributed by atoms with Gasteiger partial charge in [0.1, 0.15) is 0 Å². The molecular formula is C19H23NO. The lowest BCUT2D eigenvalue weighted by Crippen LogP contribution is -2.28. The number of rotatable bonds is 3. The molecule has 1 unspecified atom stereocenters. The second-order valence-corrected chi connectivity index (χ2v) is 6.86. The predicted molar refractivity (Wildman–Crippen MR) is 85.7 cm³/mol. The highest BCUT2D eigenvalue weighted by Gasteiger charge is 2.34. The molecule has 0 radical (unpaired) electrons. The minimum absolute atomic E-state index is 0.0646. The number of benzene rings is 1. The van der Waals surface area contributed by atoms with Gasteiger partial charge >= 0.3 is 0 Å². The van der Waals surface area contributed by atoms with Gasteiger partial charge in [0, 0.05) is 23.9 Å². The molecule has 1 heterocycles. The van der Waals surface area contributed by atoms with Crippen LogP contribution < -0.4 is 0 Å². The summed E-state index contributed by atoms with van der Waals surface area (Å²) >= 11 is 0. The first kappa shape index (κ1) is 14.1. The highest BCUT2D eigenvalue weighted by atomic mass is 16.1. The van der Waals surface area contributed by atoms with Crippen molar-refractivity contribution in [3.8, 4) is 0 Å². The molecule has 3 rings (SSSR count). The van der Waals surface area contributed by atoms with E-state index in [0.29, 0.717) is 18.2 Å². The number of carbonyl (C=O) groups excluding carboxylic acids is 1. The Hall–Kier alpha value is -1.83. The lowest BCUT2D eigenvalue weighted by molar-refractivity contribution is 0.0909. The monoisotopic (exact) mass is 281 g/mol. The van der Waals surface area contributed by atoms with Gasteiger partial charge in [0.2, 0.25) is 0 Å². The second-order valence-electron chi connectivity index (χ2n) is 6.86. The van der Waals surface area contributed by atoms with Crippen LogP contribution in [-0.4, -0.2) is 10.4 Å². The first-order chi connectivity index (χ1) is 10.0. The van der Waals surface area contributed by atoms with Crippen molar-refractivity contribution in [1.29, 1.82) is 0 Å². The zero-order valence-corrected chi connectivity index (χ0v) is 13.1. The molecule has 2 nitrogen and oxygen atoms in total. The summed E-state index contributed by atoms with van der Waals surface area (Å²) in [5.41, 5.74) is 3.53. The molecule has 2 heteroatoms. The molecule has 0 aliphatic heterocycles. The minimum Gasteiger partial charge on any atom is -0.343 e. The second kappa shape index (κ2) is 5.18. The van der Waals surface area contributed by atoms with Gasteiger partial charge in [-0.2, -0.15) is 0 Å². The molecule has 0 amide bonds. The van der Waals surface area contributed by atoms with Crippen molar-refractivity contribution in [1.82, 2.24) is 4.57 Å². The van der Waals surface area contributed by atoms with Gasteiger partial charge in [0.15, 0.2) is 5.78 Å². The predicted octanol–water partition coefficient (Wildman–Crippen LogP) is 4.64. The SMILES string of the molecule is CCC(c1ccccc1)n1ccc2c1CC(C)(C)CC2=O. The van der Waals surface area contributed by atoms with E-state index in [1.165, 1.54) is 11.3 Å². The standard InChI is InChI=1S/C19H23NO/c1-4-16(14-8-6-5-7-9-14)20-11-10-15-17(20)12-19(2,3)13-18(15)21/h5-11,16H,4,12-13H2,1-3H3. The number of Topliss-reactive ketones (excluding diaryl/α,β-unsaturated/α-hetero) is 1. The average Bonchev–Trinajstić information content (AvgIpc) is 2.84. The number of hydrogen-bond donors (Lipinski definition) is 0. The summed E-state index contributed by atoms with van der Waals surface area (Å²) in [5, 5.41) is 0. The highest BCUT2D eigenvalue weighted by molar-refractivity contribution is 5.98. The van der Waals surface area contributed by atoms with Crippen LogP contribution in [0.2, 0.25) is 0 Å². The molecule has 1 aromatic carbocycles. The maximum absolute atomic E-state index is 12.3. The number of aromatic nitrogens is 1. The maximum atomic E-state index is 12.3. The summed E-state index contributed by atoms with van der Waals surface area (Å²) in [6, 6.07) is 12.9. The van der Waals surface area contributed by atoms with Crippen LogP contribution in [0.3, 0.4) is 0 Å². The van der Waals surface area contributed by atoms with Crippen molar-refractivity contribution in [2.75, 3.05) is 0 Å². The third-order valence-corrected chi connectivity index (χ3v) is 4.52. The Bertz CT molecular complexity index is 651. The fourth-order valence-corrected chi connectivity index (χ4v) is 3.53. The van der Waals surface area contributed by atoms with Gasteiger partial charge in [-0.25, -0.2) is 0 Å². The van der Waals surface area contributed by atoms with E-state index in [2.05, 4.69) is 55.8 Å². The number of ketones is 1. The van der Waals surface area contributed by atoms with Gasteiger partial charge in [-0.15, -0.1) is 0 Å². The topological polar surface area (TPSA) is 22.0 Å². The zero-order chi connectivity index (χ0) is 15.0. The van der Waals surface area contributed by atoms with Crippen LogP contribution in [0, 0.1) is 5.41 Å². The van der Waals surface area contributed by atoms with Gasteiger partial charge in [-0.3, -0.25) is 4.79 Å². The molecule has 110 valence electrons. The molecule has 0 spiro atoms. The Balaban J connectivity index is 2.06. The van der Waals surface area contributed by atoms with Crippen molar-refractivity contribution in [3.05, 3.63) is 59.4 Å². The van der Waals surface area contributed by atoms with Crippen molar-refractivity contribution < 1.29 is 4.79 Å². The molecule has 1 aliphatic rings. The van der Waals surface area contributed by atoms with Crippen molar-refractivity contribution in [2.24, 2.45) is 5.41 Å². The molecular weight excluding hydrogens is 258 g/mol. The molecule has 1 atom stereocenters. The molecule has 0 fully saturated rings. The summed E-state index contributed by atoms with van der Waals surface area (Å²) in [6.07, 6.45) is 4.77. The third-order valence-electron chi connectivity index (χ3n) is 4.52. The summed E-state index contributed by atoms with van der Waals surface area (Å²) in [7, 11) is 0. The van der Waals surface area contributed by atoms with Gasteiger partial charge < -0.3 is 4.57 Å². The third kappa shape index (κ3) is 2.55. The van der Waals surface area contributed by atoms with E-state index >= 15 is 0 Å². The van der Waals surface area contributed by atoms with Crippen LogP contribution >= 0.6 is 0 Å². The van der Waals surface area contributed by atoms with E-state index in [-0.39, 0.29) is 5.41 Å². The Kier molecular flexibility index (Phi) is 3.48. The molecule has 2 aromatic rings. The minimum atomic E-state index is 0.0646. The van der Waals surface area contributed by atoms with Gasteiger partial charge in [-0.1, -0.05) is 51.1 Å². The van der Waals surface area contributed by atoms with E-state index in [1.54, 1.807) is 0 Å². The molecule has 0 saturated heterocycles. The van der Waals surface area contributed by atoms with Crippen molar-refractivity contribution in [2.45, 2.75) is 46.1 Å². The summed E-state index contributed by atoms with van der Waals surface area (Å²) in [4.78, 5) is 12.3. The fourth-order valence-electron chi connectivity index (χ4n) is 3.53. The van der Waals surface area contributed by atoms with Gasteiger partial charge in [-0.05, 0) is 29.9 Å². The van der Waals surface area contributed by atoms with E-state index in [1.807, 2.05) is 12.1 Å². The summed E-state index contributed by atoms with van der Waals surface area (Å²) in [6.45, 7) is 6.59. The molecule has 1 aliphatic carbocycles. The van der Waals surface area contributed by atoms with E-state index in [9.17, 15) is 4.79 Å². The Labute approximate surface area is 126 Å². The molecule has 1 aromatic heterocycles. The van der Waals surface area contributed by atoms with Crippen LogP contribution in [0.5, 0.6) is 0 Å². The molecule has 0 N–H and O–H groups in total. The number of fused-ring (bicyclic) bond motifs is 1. The fraction of sp³-hybridized carbons (Fsp3) is 0.421. The summed E-state index contributed by atoms with van der Waals surface area (Å²) < 4.78 is 2.32. The van der Waals surface area contributed by atoms with Crippen LogP contribution in [0.1, 0.15) is 61.3 Å². The van der Waals surface area contributed by atoms with Crippen molar-refractivity contribution in [3.63, 3.8) is 0 Å². The van der Waals surface area contributed by atoms with Crippen LogP contribution in [0.25, 0.3) is 0 Å². The smallest absolute Gasteiger partial charge is 0.165 e. The van der Waals surface area contributed by atoms with E-state index < -0.39 is 0 Å². The normalized spacial score (nSPS) is 18.3. The molecule has 0 bridgehead atoms. The Morgan fingerprint density at radius 2 is 1.86 bits per heavy atom. The zero-order valence-electron chi connectivity index (χ0n) is 13.1. The average molecular weight is 281 g/mol. The summed E-state index contributed by atoms with van der Waals surface area (Å²) in [5.74, 6) is 0.294. The number of hydrogen-bond acceptors (Lipinski definition) is 1.